The molecule has 0 aromatic heterocycles. The van der Waals surface area contributed by atoms with Gasteiger partial charge >= 0.3 is 17.9 Å². The summed E-state index contributed by atoms with van der Waals surface area (Å²) in [6.07, 6.45) is -3.37. The van der Waals surface area contributed by atoms with E-state index in [1.165, 1.54) is 27.4 Å². The van der Waals surface area contributed by atoms with Crippen LogP contribution in [0.4, 0.5) is 0 Å². The normalized spacial score (nSPS) is 54.8. The maximum absolute atomic E-state index is 14.5. The van der Waals surface area contributed by atoms with E-state index in [-0.39, 0.29) is 25.4 Å². The van der Waals surface area contributed by atoms with Crippen molar-refractivity contribution in [3.05, 3.63) is 12.3 Å². The Balaban J connectivity index is 1.39. The van der Waals surface area contributed by atoms with Crippen LogP contribution in [0.25, 0.3) is 0 Å². The summed E-state index contributed by atoms with van der Waals surface area (Å²) in [5.74, 6) is -6.12. The monoisotopic (exact) mass is 676 g/mol. The quantitative estimate of drug-likeness (QED) is 0.224. The zero-order chi connectivity index (χ0) is 34.6. The van der Waals surface area contributed by atoms with E-state index in [2.05, 4.69) is 0 Å². The number of ether oxygens (including phenoxy) is 8. The summed E-state index contributed by atoms with van der Waals surface area (Å²) < 4.78 is 48.4. The third kappa shape index (κ3) is 3.27. The number of rotatable bonds is 6. The molecule has 14 heteroatoms. The van der Waals surface area contributed by atoms with E-state index < -0.39 is 117 Å². The maximum Gasteiger partial charge on any atom is 0.335 e. The van der Waals surface area contributed by atoms with Crippen molar-refractivity contribution < 1.29 is 67.3 Å². The molecular formula is C34H44O14. The average molecular weight is 677 g/mol. The number of carbonyl (C=O) groups is 4. The lowest BCUT2D eigenvalue weighted by atomic mass is 9.36. The van der Waals surface area contributed by atoms with Gasteiger partial charge in [0.1, 0.15) is 28.5 Å². The fourth-order valence-corrected chi connectivity index (χ4v) is 12.4. The second-order valence-corrected chi connectivity index (χ2v) is 15.8. The van der Waals surface area contributed by atoms with Crippen molar-refractivity contribution in [2.75, 3.05) is 27.4 Å². The number of hydrogen-bond donors (Lipinski definition) is 2. The predicted octanol–water partition coefficient (Wildman–Crippen LogP) is 0.440. The third-order valence-electron chi connectivity index (χ3n) is 14.0. The minimum atomic E-state index is -1.63. The molecule has 3 aliphatic carbocycles. The first-order valence-electron chi connectivity index (χ1n) is 16.8. The molecule has 4 saturated heterocycles. The summed E-state index contributed by atoms with van der Waals surface area (Å²) in [4.78, 5) is 55.0. The molecule has 2 N–H and O–H groups in total. The molecule has 48 heavy (non-hydrogen) atoms. The molecule has 5 aliphatic heterocycles. The predicted molar refractivity (Wildman–Crippen MR) is 157 cm³/mol. The van der Waals surface area contributed by atoms with Gasteiger partial charge < -0.3 is 48.1 Å². The number of fused-ring (bicyclic) bond motifs is 7. The van der Waals surface area contributed by atoms with Crippen molar-refractivity contribution in [3.8, 4) is 0 Å². The van der Waals surface area contributed by atoms with Crippen LogP contribution in [0.1, 0.15) is 47.5 Å². The van der Waals surface area contributed by atoms with Gasteiger partial charge in [-0.1, -0.05) is 20.8 Å². The molecule has 8 aliphatic rings. The van der Waals surface area contributed by atoms with E-state index >= 15 is 0 Å². The molecule has 7 fully saturated rings. The molecule has 3 saturated carbocycles. The molecule has 5 heterocycles. The number of epoxide rings is 1. The van der Waals surface area contributed by atoms with E-state index in [1.54, 1.807) is 19.9 Å². The van der Waals surface area contributed by atoms with Gasteiger partial charge in [-0.15, -0.1) is 0 Å². The number of esters is 3. The van der Waals surface area contributed by atoms with Crippen molar-refractivity contribution in [3.63, 3.8) is 0 Å². The van der Waals surface area contributed by atoms with Crippen molar-refractivity contribution in [2.45, 2.75) is 101 Å². The molecule has 16 atom stereocenters. The van der Waals surface area contributed by atoms with Gasteiger partial charge in [0.15, 0.2) is 11.7 Å². The molecule has 2 bridgehead atoms. The smallest absolute Gasteiger partial charge is 0.335 e. The molecule has 1 spiro atoms. The highest BCUT2D eigenvalue weighted by atomic mass is 16.7. The Morgan fingerprint density at radius 3 is 2.38 bits per heavy atom. The minimum Gasteiger partial charge on any atom is -0.469 e. The van der Waals surface area contributed by atoms with Crippen molar-refractivity contribution in [2.24, 2.45) is 45.8 Å². The lowest BCUT2D eigenvalue weighted by molar-refractivity contribution is -0.291. The molecular weight excluding hydrogens is 632 g/mol. The maximum atomic E-state index is 14.5. The minimum absolute atomic E-state index is 0.0632. The first-order chi connectivity index (χ1) is 22.6. The van der Waals surface area contributed by atoms with Gasteiger partial charge in [0.05, 0.1) is 52.0 Å². The van der Waals surface area contributed by atoms with Crippen molar-refractivity contribution in [1.29, 1.82) is 0 Å². The molecule has 0 radical (unpaired) electrons. The Morgan fingerprint density at radius 1 is 1.00 bits per heavy atom. The largest absolute Gasteiger partial charge is 0.469 e. The van der Waals surface area contributed by atoms with Crippen LogP contribution >= 0.6 is 0 Å². The van der Waals surface area contributed by atoms with Crippen LogP contribution in [0.3, 0.4) is 0 Å². The second-order valence-electron chi connectivity index (χ2n) is 15.8. The van der Waals surface area contributed by atoms with Crippen LogP contribution in [-0.2, 0) is 57.1 Å². The highest BCUT2D eigenvalue weighted by Crippen LogP contribution is 2.82. The summed E-state index contributed by atoms with van der Waals surface area (Å²) in [5, 5.41) is 24.7. The van der Waals surface area contributed by atoms with Gasteiger partial charge in [0, 0.05) is 47.3 Å². The lowest BCUT2D eigenvalue weighted by Crippen LogP contribution is -2.77. The fourth-order valence-electron chi connectivity index (χ4n) is 12.4. The zero-order valence-electron chi connectivity index (χ0n) is 28.1. The first-order valence-corrected chi connectivity index (χ1v) is 16.8. The number of Topliss-reactive ketones (excluding diaryl/α,β-unsaturated/α-hetero) is 1. The summed E-state index contributed by atoms with van der Waals surface area (Å²) in [7, 11) is 2.47. The van der Waals surface area contributed by atoms with Gasteiger partial charge in [-0.2, -0.15) is 0 Å². The van der Waals surface area contributed by atoms with Crippen LogP contribution in [0, 0.1) is 45.8 Å². The zero-order valence-corrected chi connectivity index (χ0v) is 28.1. The number of carbonyl (C=O) groups excluding carboxylic acids is 4. The van der Waals surface area contributed by atoms with Crippen molar-refractivity contribution in [1.82, 2.24) is 0 Å². The average Bonchev–Trinajstić information content (AvgIpc) is 3.48. The first kappa shape index (κ1) is 32.6. The second kappa shape index (κ2) is 9.79. The number of ketones is 1. The molecule has 0 amide bonds. The SMILES string of the molecule is COC(=O)[C@H]1OC[C@]23[C@@H](C(=O)C(C)C)C[C@@H](OC(C)=O)[C@@]4(C(=O)OC)CO[C@@H]([C@@H](O)[C@@](C)([C@]56O[C@@]5(C)[C@H]5C[C@@H]6O[C@@H]6OC=C[C@@]65O)[C@H]12)[C@@H]43. The molecule has 0 aromatic carbocycles. The Labute approximate surface area is 277 Å². The van der Waals surface area contributed by atoms with E-state index in [0.717, 1.165) is 0 Å². The van der Waals surface area contributed by atoms with Gasteiger partial charge in [0.2, 0.25) is 6.29 Å². The van der Waals surface area contributed by atoms with Crippen LogP contribution in [0.15, 0.2) is 12.3 Å². The standard InChI is InChI=1S/C34H44O14/c1-14(2)20(36)16-10-18(46-15(3)35)32(27(39)42-7)13-44-21-24(32)31(16)12-45-22(26(38)41-6)23(31)29(4,25(21)37)34-19-11-17(30(34,5)48-34)33(40)8-9-43-28(33)47-19/h8-9,14,16-19,21-25,28,37,40H,10-13H2,1-7H3/t16-,17-,18-,19+,21-,22+,23+,24-,25-,28+,29+,30+,31+,32+,33+,34+/m1/s1. The van der Waals surface area contributed by atoms with Gasteiger partial charge in [0.25, 0.3) is 0 Å². The molecule has 0 aromatic rings. The number of methoxy groups -OCH3 is 2. The lowest BCUT2D eigenvalue weighted by Gasteiger charge is -2.66. The highest BCUT2D eigenvalue weighted by Gasteiger charge is 2.95. The van der Waals surface area contributed by atoms with Gasteiger partial charge in [-0.3, -0.25) is 14.4 Å². The molecule has 8 rings (SSSR count). The summed E-state index contributed by atoms with van der Waals surface area (Å²) in [6.45, 7) is 8.03. The molecule has 14 nitrogen and oxygen atoms in total. The summed E-state index contributed by atoms with van der Waals surface area (Å²) >= 11 is 0. The highest BCUT2D eigenvalue weighted by molar-refractivity contribution is 5.87. The summed E-state index contributed by atoms with van der Waals surface area (Å²) in [5.41, 5.74) is -8.31. The number of aliphatic hydroxyl groups excluding tert-OH is 1. The van der Waals surface area contributed by atoms with Gasteiger partial charge in [-0.25, -0.2) is 4.79 Å². The topological polar surface area (TPSA) is 186 Å². The van der Waals surface area contributed by atoms with E-state index in [1.807, 2.05) is 13.8 Å². The van der Waals surface area contributed by atoms with Crippen LogP contribution in [-0.4, -0.2) is 115 Å². The number of aliphatic hydroxyl groups is 2. The molecule has 264 valence electrons. The Hall–Kier alpha value is -2.62. The fraction of sp³-hybridized carbons (Fsp3) is 0.824. The van der Waals surface area contributed by atoms with Crippen molar-refractivity contribution >= 4 is 23.7 Å². The Bertz CT molecular complexity index is 1510. The van der Waals surface area contributed by atoms with Crippen LogP contribution < -0.4 is 0 Å². The van der Waals surface area contributed by atoms with E-state index in [4.69, 9.17) is 37.9 Å². The third-order valence-corrected chi connectivity index (χ3v) is 14.0. The van der Waals surface area contributed by atoms with E-state index in [0.29, 0.717) is 6.42 Å². The van der Waals surface area contributed by atoms with E-state index in [9.17, 15) is 29.4 Å². The molecule has 0 unspecified atom stereocenters. The Morgan fingerprint density at radius 2 is 1.73 bits per heavy atom. The van der Waals surface area contributed by atoms with Crippen LogP contribution in [0.2, 0.25) is 0 Å². The summed E-state index contributed by atoms with van der Waals surface area (Å²) in [6, 6.07) is 0. The Kier molecular flexibility index (Phi) is 6.64. The van der Waals surface area contributed by atoms with Crippen LogP contribution in [0.5, 0.6) is 0 Å². The number of hydrogen-bond acceptors (Lipinski definition) is 14. The van der Waals surface area contributed by atoms with Gasteiger partial charge in [-0.05, 0) is 25.8 Å².